The Balaban J connectivity index is 1.36. The number of hydrogen-bond donors (Lipinski definition) is 4. The lowest BCUT2D eigenvalue weighted by Gasteiger charge is -2.20. The summed E-state index contributed by atoms with van der Waals surface area (Å²) in [7, 11) is 0. The van der Waals surface area contributed by atoms with E-state index in [0.717, 1.165) is 11.1 Å². The van der Waals surface area contributed by atoms with Gasteiger partial charge < -0.3 is 25.6 Å². The molecule has 11 heteroatoms. The van der Waals surface area contributed by atoms with Gasteiger partial charge in [-0.25, -0.2) is 9.97 Å². The van der Waals surface area contributed by atoms with Crippen LogP contribution in [0, 0.1) is 0 Å². The van der Waals surface area contributed by atoms with Gasteiger partial charge in [0.1, 0.15) is 11.6 Å². The highest BCUT2D eigenvalue weighted by Crippen LogP contribution is 2.34. The van der Waals surface area contributed by atoms with E-state index in [-0.39, 0.29) is 18.4 Å². The Morgan fingerprint density at radius 1 is 1.00 bits per heavy atom. The average molecular weight is 535 g/mol. The maximum atomic E-state index is 12.3. The van der Waals surface area contributed by atoms with E-state index in [1.807, 2.05) is 44.2 Å². The molecule has 11 nitrogen and oxygen atoms in total. The van der Waals surface area contributed by atoms with Crippen LogP contribution in [0.15, 0.2) is 83.8 Å². The molecule has 1 amide bonds. The van der Waals surface area contributed by atoms with Crippen LogP contribution in [0.3, 0.4) is 0 Å². The zero-order valence-corrected chi connectivity index (χ0v) is 21.8. The van der Waals surface area contributed by atoms with E-state index in [1.54, 1.807) is 48.9 Å². The van der Waals surface area contributed by atoms with Crippen LogP contribution in [0.25, 0.3) is 22.8 Å². The number of aliphatic hydroxyl groups is 1. The van der Waals surface area contributed by atoms with Gasteiger partial charge in [0, 0.05) is 30.2 Å². The molecule has 6 rings (SSSR count). The van der Waals surface area contributed by atoms with Crippen LogP contribution in [0.5, 0.6) is 0 Å². The van der Waals surface area contributed by atoms with Gasteiger partial charge in [0.15, 0.2) is 0 Å². The van der Waals surface area contributed by atoms with Crippen molar-refractivity contribution in [1.82, 2.24) is 30.4 Å². The third-order valence-electron chi connectivity index (χ3n) is 6.63. The fraction of sp³-hybridized carbons (Fsp3) is 0.172. The molecule has 0 unspecified atom stereocenters. The zero-order chi connectivity index (χ0) is 27.7. The number of nitrogens with one attached hydrogen (secondary N) is 3. The van der Waals surface area contributed by atoms with E-state index in [9.17, 15) is 9.90 Å². The first kappa shape index (κ1) is 25.1. The minimum absolute atomic E-state index is 0.144. The zero-order valence-electron chi connectivity index (χ0n) is 21.8. The first-order valence-electron chi connectivity index (χ1n) is 12.7. The number of pyridine rings is 3. The summed E-state index contributed by atoms with van der Waals surface area (Å²) >= 11 is 0. The molecule has 1 atom stereocenters. The number of nitrogens with zero attached hydrogens (tertiary/aromatic N) is 5. The van der Waals surface area contributed by atoms with Crippen molar-refractivity contribution in [3.05, 3.63) is 96.1 Å². The third kappa shape index (κ3) is 4.85. The van der Waals surface area contributed by atoms with Crippen LogP contribution in [0.4, 0.5) is 17.3 Å². The fourth-order valence-corrected chi connectivity index (χ4v) is 4.60. The topological polar surface area (TPSA) is 151 Å². The Labute approximate surface area is 229 Å². The number of anilines is 3. The summed E-state index contributed by atoms with van der Waals surface area (Å²) in [6.45, 7) is 3.67. The predicted octanol–water partition coefficient (Wildman–Crippen LogP) is 4.46. The van der Waals surface area contributed by atoms with Crippen LogP contribution in [0.2, 0.25) is 0 Å². The largest absolute Gasteiger partial charge is 0.394 e. The van der Waals surface area contributed by atoms with Crippen molar-refractivity contribution in [3.8, 4) is 22.8 Å². The van der Waals surface area contributed by atoms with Gasteiger partial charge in [0.05, 0.1) is 40.7 Å². The monoisotopic (exact) mass is 534 g/mol. The normalized spacial score (nSPS) is 14.3. The number of benzene rings is 1. The van der Waals surface area contributed by atoms with Crippen LogP contribution in [-0.2, 0) is 5.54 Å². The Kier molecular flexibility index (Phi) is 6.40. The molecule has 4 N–H and O–H groups in total. The molecule has 40 heavy (non-hydrogen) atoms. The van der Waals surface area contributed by atoms with E-state index in [1.165, 1.54) is 0 Å². The molecule has 1 aliphatic rings. The molecular formula is C29H26N8O3. The first-order chi connectivity index (χ1) is 19.4. The lowest BCUT2D eigenvalue weighted by atomic mass is 10.0. The predicted molar refractivity (Wildman–Crippen MR) is 149 cm³/mol. The van der Waals surface area contributed by atoms with E-state index in [2.05, 4.69) is 41.0 Å². The molecule has 0 bridgehead atoms. The number of fused-ring (bicyclic) bond motifs is 1. The summed E-state index contributed by atoms with van der Waals surface area (Å²) in [5.41, 5.74) is 3.48. The molecular weight excluding hydrogens is 508 g/mol. The van der Waals surface area contributed by atoms with E-state index < -0.39 is 11.6 Å². The number of amides is 1. The number of hydrogen-bond acceptors (Lipinski definition) is 10. The number of rotatable bonds is 8. The standard InChI is InChI=1S/C29H26N8O3/c1-29(2)25-19(27(39)36-29)8-9-23(34-25)33-24-14-21(32-22(16-38)17-6-4-3-5-7-17)20(15-31-24)28-35-26(37-40-28)18-10-12-30-13-11-18/h3-15,22,38H,16H2,1-2H3,(H,36,39)(H2,31,32,33,34)/t22-/m1/s1. The van der Waals surface area contributed by atoms with E-state index in [0.29, 0.717) is 40.0 Å². The quantitative estimate of drug-likeness (QED) is 0.225. The molecule has 1 aromatic carbocycles. The minimum Gasteiger partial charge on any atom is -0.394 e. The second-order valence-corrected chi connectivity index (χ2v) is 9.86. The number of aliphatic hydroxyl groups excluding tert-OH is 1. The fourth-order valence-electron chi connectivity index (χ4n) is 4.60. The maximum Gasteiger partial charge on any atom is 0.261 e. The Bertz CT molecular complexity index is 1670. The summed E-state index contributed by atoms with van der Waals surface area (Å²) in [5, 5.41) is 23.9. The third-order valence-corrected chi connectivity index (χ3v) is 6.63. The molecule has 0 saturated carbocycles. The summed E-state index contributed by atoms with van der Waals surface area (Å²) in [4.78, 5) is 30.1. The second-order valence-electron chi connectivity index (χ2n) is 9.86. The number of carbonyl (C=O) groups excluding carboxylic acids is 1. The summed E-state index contributed by atoms with van der Waals surface area (Å²) in [6.07, 6.45) is 4.94. The molecule has 1 aliphatic heterocycles. The van der Waals surface area contributed by atoms with Crippen LogP contribution in [-0.4, -0.2) is 42.7 Å². The summed E-state index contributed by atoms with van der Waals surface area (Å²) in [6, 6.07) is 18.1. The van der Waals surface area contributed by atoms with E-state index >= 15 is 0 Å². The van der Waals surface area contributed by atoms with Crippen molar-refractivity contribution in [3.63, 3.8) is 0 Å². The van der Waals surface area contributed by atoms with Gasteiger partial charge in [-0.05, 0) is 43.7 Å². The Morgan fingerprint density at radius 3 is 2.58 bits per heavy atom. The Morgan fingerprint density at radius 2 is 1.80 bits per heavy atom. The smallest absolute Gasteiger partial charge is 0.261 e. The van der Waals surface area contributed by atoms with Crippen molar-refractivity contribution in [2.24, 2.45) is 0 Å². The molecule has 0 spiro atoms. The van der Waals surface area contributed by atoms with Crippen LogP contribution in [0.1, 0.15) is 41.5 Å². The molecule has 0 fully saturated rings. The molecule has 5 heterocycles. The van der Waals surface area contributed by atoms with Crippen molar-refractivity contribution in [1.29, 1.82) is 0 Å². The van der Waals surface area contributed by atoms with Gasteiger partial charge in [-0.15, -0.1) is 0 Å². The van der Waals surface area contributed by atoms with Crippen molar-refractivity contribution in [2.75, 3.05) is 17.2 Å². The summed E-state index contributed by atoms with van der Waals surface area (Å²) in [5.74, 6) is 1.57. The maximum absolute atomic E-state index is 12.3. The van der Waals surface area contributed by atoms with Gasteiger partial charge in [0.2, 0.25) is 5.82 Å². The molecule has 4 aromatic heterocycles. The second kappa shape index (κ2) is 10.2. The summed E-state index contributed by atoms with van der Waals surface area (Å²) < 4.78 is 5.61. The van der Waals surface area contributed by atoms with Crippen molar-refractivity contribution in [2.45, 2.75) is 25.4 Å². The lowest BCUT2D eigenvalue weighted by Crippen LogP contribution is -2.33. The highest BCUT2D eigenvalue weighted by Gasteiger charge is 2.36. The molecule has 0 saturated heterocycles. The SMILES string of the molecule is CC1(C)NC(=O)c2ccc(Nc3cc(N[C@H](CO)c4ccccc4)c(-c4nc(-c5ccncc5)no4)cn3)nc21. The van der Waals surface area contributed by atoms with Gasteiger partial charge in [0.25, 0.3) is 11.8 Å². The highest BCUT2D eigenvalue weighted by molar-refractivity contribution is 5.99. The number of aromatic nitrogens is 5. The van der Waals surface area contributed by atoms with Crippen molar-refractivity contribution >= 4 is 23.2 Å². The van der Waals surface area contributed by atoms with Crippen molar-refractivity contribution < 1.29 is 14.4 Å². The number of carbonyl (C=O) groups is 1. The van der Waals surface area contributed by atoms with Gasteiger partial charge in [-0.2, -0.15) is 4.98 Å². The van der Waals surface area contributed by atoms with Crippen LogP contribution < -0.4 is 16.0 Å². The molecule has 200 valence electrons. The minimum atomic E-state index is -0.581. The first-order valence-corrected chi connectivity index (χ1v) is 12.7. The van der Waals surface area contributed by atoms with Crippen LogP contribution >= 0.6 is 0 Å². The van der Waals surface area contributed by atoms with Gasteiger partial charge >= 0.3 is 0 Å². The molecule has 0 aliphatic carbocycles. The van der Waals surface area contributed by atoms with Gasteiger partial charge in [-0.3, -0.25) is 9.78 Å². The highest BCUT2D eigenvalue weighted by atomic mass is 16.5. The van der Waals surface area contributed by atoms with Gasteiger partial charge in [-0.1, -0.05) is 35.5 Å². The lowest BCUT2D eigenvalue weighted by molar-refractivity contribution is 0.0940. The van der Waals surface area contributed by atoms with E-state index in [4.69, 9.17) is 4.52 Å². The molecule has 5 aromatic rings. The molecule has 0 radical (unpaired) electrons. The Hall–Kier alpha value is -5.16. The average Bonchev–Trinajstić information content (AvgIpc) is 3.55.